The molecule has 0 radical (unpaired) electrons. The molecule has 1 aromatic rings. The Kier molecular flexibility index (Phi) is 4.01. The SMILES string of the molecule is COc1ccc(S(=O)(=O)N2CCCC(C)C2)cc1N. The van der Waals surface area contributed by atoms with E-state index in [0.717, 1.165) is 12.8 Å². The maximum atomic E-state index is 12.5. The molecule has 2 N–H and O–H groups in total. The molecule has 1 fully saturated rings. The van der Waals surface area contributed by atoms with Gasteiger partial charge in [-0.05, 0) is 37.0 Å². The smallest absolute Gasteiger partial charge is 0.243 e. The van der Waals surface area contributed by atoms with E-state index in [-0.39, 0.29) is 4.90 Å². The van der Waals surface area contributed by atoms with E-state index in [1.54, 1.807) is 16.4 Å². The second-order valence-corrected chi connectivity index (χ2v) is 6.95. The van der Waals surface area contributed by atoms with Gasteiger partial charge in [-0.15, -0.1) is 0 Å². The van der Waals surface area contributed by atoms with Crippen molar-refractivity contribution in [1.29, 1.82) is 0 Å². The predicted octanol–water partition coefficient (Wildman–Crippen LogP) is 1.70. The van der Waals surface area contributed by atoms with E-state index in [4.69, 9.17) is 10.5 Å². The number of methoxy groups -OCH3 is 1. The number of ether oxygens (including phenoxy) is 1. The zero-order valence-corrected chi connectivity index (χ0v) is 12.1. The lowest BCUT2D eigenvalue weighted by Crippen LogP contribution is -2.39. The molecule has 0 bridgehead atoms. The first-order valence-corrected chi connectivity index (χ1v) is 7.83. The maximum Gasteiger partial charge on any atom is 0.243 e. The van der Waals surface area contributed by atoms with Gasteiger partial charge in [0.1, 0.15) is 5.75 Å². The number of hydrogen-bond donors (Lipinski definition) is 1. The Morgan fingerprint density at radius 1 is 1.42 bits per heavy atom. The number of nitrogen functional groups attached to an aromatic ring is 1. The van der Waals surface area contributed by atoms with Gasteiger partial charge < -0.3 is 10.5 Å². The molecular weight excluding hydrogens is 264 g/mol. The van der Waals surface area contributed by atoms with Crippen LogP contribution in [0.25, 0.3) is 0 Å². The summed E-state index contributed by atoms with van der Waals surface area (Å²) >= 11 is 0. The topological polar surface area (TPSA) is 72.6 Å². The first-order chi connectivity index (χ1) is 8.95. The minimum Gasteiger partial charge on any atom is -0.495 e. The molecule has 1 aromatic carbocycles. The average molecular weight is 284 g/mol. The van der Waals surface area contributed by atoms with Crippen LogP contribution in [0, 0.1) is 5.92 Å². The largest absolute Gasteiger partial charge is 0.495 e. The van der Waals surface area contributed by atoms with E-state index in [1.165, 1.54) is 13.2 Å². The summed E-state index contributed by atoms with van der Waals surface area (Å²) in [5.41, 5.74) is 6.12. The van der Waals surface area contributed by atoms with Crippen molar-refractivity contribution in [2.75, 3.05) is 25.9 Å². The van der Waals surface area contributed by atoms with Gasteiger partial charge in [-0.2, -0.15) is 4.31 Å². The molecular formula is C13H20N2O3S. The third-order valence-corrected chi connectivity index (χ3v) is 5.32. The van der Waals surface area contributed by atoms with Crippen LogP contribution in [0.1, 0.15) is 19.8 Å². The van der Waals surface area contributed by atoms with Gasteiger partial charge in [0.15, 0.2) is 0 Å². The van der Waals surface area contributed by atoms with Crippen LogP contribution in [-0.4, -0.2) is 32.9 Å². The van der Waals surface area contributed by atoms with Crippen LogP contribution < -0.4 is 10.5 Å². The highest BCUT2D eigenvalue weighted by Gasteiger charge is 2.28. The monoisotopic (exact) mass is 284 g/mol. The Hall–Kier alpha value is -1.27. The minimum atomic E-state index is -3.44. The van der Waals surface area contributed by atoms with E-state index in [1.807, 2.05) is 0 Å². The molecule has 1 unspecified atom stereocenters. The fourth-order valence-electron chi connectivity index (χ4n) is 2.39. The van der Waals surface area contributed by atoms with E-state index in [2.05, 4.69) is 6.92 Å². The number of anilines is 1. The van der Waals surface area contributed by atoms with Crippen molar-refractivity contribution in [3.05, 3.63) is 18.2 Å². The van der Waals surface area contributed by atoms with Crippen LogP contribution in [0.2, 0.25) is 0 Å². The van der Waals surface area contributed by atoms with Gasteiger partial charge >= 0.3 is 0 Å². The van der Waals surface area contributed by atoms with Gasteiger partial charge in [0.25, 0.3) is 0 Å². The highest BCUT2D eigenvalue weighted by atomic mass is 32.2. The molecule has 1 atom stereocenters. The zero-order chi connectivity index (χ0) is 14.0. The molecule has 0 spiro atoms. The molecule has 1 heterocycles. The lowest BCUT2D eigenvalue weighted by Gasteiger charge is -2.30. The third-order valence-electron chi connectivity index (χ3n) is 3.46. The molecule has 1 aliphatic rings. The second-order valence-electron chi connectivity index (χ2n) is 5.01. The van der Waals surface area contributed by atoms with Gasteiger partial charge in [0.2, 0.25) is 10.0 Å². The van der Waals surface area contributed by atoms with Crippen LogP contribution in [-0.2, 0) is 10.0 Å². The van der Waals surface area contributed by atoms with Crippen molar-refractivity contribution in [2.24, 2.45) is 5.92 Å². The van der Waals surface area contributed by atoms with Crippen LogP contribution in [0.5, 0.6) is 5.75 Å². The number of piperidine rings is 1. The summed E-state index contributed by atoms with van der Waals surface area (Å²) in [7, 11) is -1.94. The highest BCUT2D eigenvalue weighted by Crippen LogP contribution is 2.28. The number of nitrogens with zero attached hydrogens (tertiary/aromatic N) is 1. The van der Waals surface area contributed by atoms with Crippen LogP contribution in [0.3, 0.4) is 0 Å². The Labute approximate surface area is 114 Å². The fourth-order valence-corrected chi connectivity index (χ4v) is 4.02. The van der Waals surface area contributed by atoms with Gasteiger partial charge in [-0.1, -0.05) is 6.92 Å². The molecule has 2 rings (SSSR count). The molecule has 0 aliphatic carbocycles. The van der Waals surface area contributed by atoms with E-state index >= 15 is 0 Å². The lowest BCUT2D eigenvalue weighted by molar-refractivity contribution is 0.281. The number of sulfonamides is 1. The van der Waals surface area contributed by atoms with E-state index in [9.17, 15) is 8.42 Å². The summed E-state index contributed by atoms with van der Waals surface area (Å²) < 4.78 is 31.6. The standard InChI is InChI=1S/C13H20N2O3S/c1-10-4-3-7-15(9-10)19(16,17)11-5-6-13(18-2)12(14)8-11/h5-6,8,10H,3-4,7,9,14H2,1-2H3. The fraction of sp³-hybridized carbons (Fsp3) is 0.538. The van der Waals surface area contributed by atoms with E-state index < -0.39 is 10.0 Å². The summed E-state index contributed by atoms with van der Waals surface area (Å²) in [6.45, 7) is 3.23. The van der Waals surface area contributed by atoms with Gasteiger partial charge in [0.05, 0.1) is 17.7 Å². The van der Waals surface area contributed by atoms with Crippen LogP contribution in [0.15, 0.2) is 23.1 Å². The number of nitrogens with two attached hydrogens (primary N) is 1. The second kappa shape index (κ2) is 5.38. The Bertz CT molecular complexity index is 557. The molecule has 1 aliphatic heterocycles. The summed E-state index contributed by atoms with van der Waals surface area (Å²) in [6.07, 6.45) is 1.99. The predicted molar refractivity (Wildman–Crippen MR) is 74.6 cm³/mol. The van der Waals surface area contributed by atoms with Gasteiger partial charge in [0, 0.05) is 13.1 Å². The Morgan fingerprint density at radius 2 is 2.16 bits per heavy atom. The minimum absolute atomic E-state index is 0.236. The quantitative estimate of drug-likeness (QED) is 0.857. The first-order valence-electron chi connectivity index (χ1n) is 6.39. The van der Waals surface area contributed by atoms with Crippen molar-refractivity contribution in [1.82, 2.24) is 4.31 Å². The summed E-state index contributed by atoms with van der Waals surface area (Å²) in [5, 5.41) is 0. The zero-order valence-electron chi connectivity index (χ0n) is 11.3. The van der Waals surface area contributed by atoms with Crippen molar-refractivity contribution in [3.8, 4) is 5.75 Å². The summed E-state index contributed by atoms with van der Waals surface area (Å²) in [6, 6.07) is 4.60. The van der Waals surface area contributed by atoms with Crippen molar-refractivity contribution >= 4 is 15.7 Å². The van der Waals surface area contributed by atoms with Gasteiger partial charge in [-0.3, -0.25) is 0 Å². The van der Waals surface area contributed by atoms with Crippen LogP contribution >= 0.6 is 0 Å². The maximum absolute atomic E-state index is 12.5. The lowest BCUT2D eigenvalue weighted by atomic mass is 10.0. The number of rotatable bonds is 3. The molecule has 0 amide bonds. The van der Waals surface area contributed by atoms with Crippen LogP contribution in [0.4, 0.5) is 5.69 Å². The Balaban J connectivity index is 2.31. The molecule has 6 heteroatoms. The molecule has 106 valence electrons. The first kappa shape index (κ1) is 14.1. The molecule has 5 nitrogen and oxygen atoms in total. The van der Waals surface area contributed by atoms with Crippen molar-refractivity contribution in [2.45, 2.75) is 24.7 Å². The van der Waals surface area contributed by atoms with Crippen molar-refractivity contribution < 1.29 is 13.2 Å². The highest BCUT2D eigenvalue weighted by molar-refractivity contribution is 7.89. The molecule has 0 aromatic heterocycles. The normalized spacial score (nSPS) is 21.3. The van der Waals surface area contributed by atoms with Crippen molar-refractivity contribution in [3.63, 3.8) is 0 Å². The van der Waals surface area contributed by atoms with E-state index in [0.29, 0.717) is 30.4 Å². The third kappa shape index (κ3) is 2.84. The molecule has 0 saturated carbocycles. The molecule has 19 heavy (non-hydrogen) atoms. The summed E-state index contributed by atoms with van der Waals surface area (Å²) in [4.78, 5) is 0.236. The van der Waals surface area contributed by atoms with Gasteiger partial charge in [-0.25, -0.2) is 8.42 Å². The number of hydrogen-bond acceptors (Lipinski definition) is 4. The molecule has 1 saturated heterocycles. The average Bonchev–Trinajstić information content (AvgIpc) is 2.38. The summed E-state index contributed by atoms with van der Waals surface area (Å²) in [5.74, 6) is 0.894. The Morgan fingerprint density at radius 3 is 2.74 bits per heavy atom. The number of benzene rings is 1.